The van der Waals surface area contributed by atoms with Crippen molar-refractivity contribution >= 4 is 11.6 Å². The molecule has 136 valence electrons. The fourth-order valence-corrected chi connectivity index (χ4v) is 2.33. The highest BCUT2D eigenvalue weighted by Gasteiger charge is 2.31. The van der Waals surface area contributed by atoms with E-state index in [1.54, 1.807) is 12.2 Å². The highest BCUT2D eigenvalue weighted by molar-refractivity contribution is 5.86. The number of nitrogens with one attached hydrogen (secondary N) is 2. The topological polar surface area (TPSA) is 70.6 Å². The van der Waals surface area contributed by atoms with Gasteiger partial charge in [0.2, 0.25) is 5.91 Å². The van der Waals surface area contributed by atoms with Gasteiger partial charge in [0, 0.05) is 18.0 Å². The van der Waals surface area contributed by atoms with E-state index in [0.29, 0.717) is 23.4 Å². The van der Waals surface area contributed by atoms with E-state index < -0.39 is 12.4 Å². The molecule has 0 saturated heterocycles. The number of carbonyl (C=O) groups excluding carboxylic acids is 1. The zero-order valence-electron chi connectivity index (χ0n) is 13.6. The van der Waals surface area contributed by atoms with Gasteiger partial charge in [-0.2, -0.15) is 0 Å². The summed E-state index contributed by atoms with van der Waals surface area (Å²) in [5.41, 5.74) is 1.88. The lowest BCUT2D eigenvalue weighted by Gasteiger charge is -2.23. The Bertz CT molecular complexity index is 667. The number of carbonyl (C=O) groups is 1. The van der Waals surface area contributed by atoms with Crippen LogP contribution in [0.2, 0.25) is 0 Å². The van der Waals surface area contributed by atoms with Crippen LogP contribution < -0.4 is 15.4 Å². The van der Waals surface area contributed by atoms with Crippen LogP contribution >= 0.6 is 0 Å². The van der Waals surface area contributed by atoms with Crippen LogP contribution in [-0.4, -0.2) is 30.0 Å². The maximum Gasteiger partial charge on any atom is 0.573 e. The predicted molar refractivity (Wildman–Crippen MR) is 86.2 cm³/mol. The van der Waals surface area contributed by atoms with E-state index in [1.807, 2.05) is 6.92 Å². The van der Waals surface area contributed by atoms with Crippen molar-refractivity contribution in [3.63, 3.8) is 0 Å². The molecule has 0 radical (unpaired) electrons. The second kappa shape index (κ2) is 8.06. The van der Waals surface area contributed by atoms with Crippen molar-refractivity contribution in [2.75, 3.05) is 6.61 Å². The van der Waals surface area contributed by atoms with E-state index in [4.69, 9.17) is 5.11 Å². The molecule has 0 saturated carbocycles. The van der Waals surface area contributed by atoms with Crippen LogP contribution in [0.15, 0.2) is 42.1 Å². The lowest BCUT2D eigenvalue weighted by molar-refractivity contribution is -0.274. The number of aliphatic hydroxyl groups is 1. The molecule has 0 aliphatic carbocycles. The van der Waals surface area contributed by atoms with Gasteiger partial charge in [-0.25, -0.2) is 0 Å². The average Bonchev–Trinajstić information content (AvgIpc) is 2.54. The Labute approximate surface area is 143 Å². The van der Waals surface area contributed by atoms with Crippen LogP contribution in [0.5, 0.6) is 5.75 Å². The van der Waals surface area contributed by atoms with Gasteiger partial charge in [-0.15, -0.1) is 13.2 Å². The highest BCUT2D eigenvalue weighted by atomic mass is 19.4. The molecular weight excluding hydrogens is 337 g/mol. The summed E-state index contributed by atoms with van der Waals surface area (Å²) in [6.45, 7) is 1.71. The maximum atomic E-state index is 12.2. The molecule has 1 atom stereocenters. The van der Waals surface area contributed by atoms with Gasteiger partial charge in [0.25, 0.3) is 0 Å². The number of ether oxygens (including phenoxy) is 1. The van der Waals surface area contributed by atoms with Crippen molar-refractivity contribution in [1.29, 1.82) is 0 Å². The monoisotopic (exact) mass is 356 g/mol. The summed E-state index contributed by atoms with van der Waals surface area (Å²) >= 11 is 0. The minimum absolute atomic E-state index is 0.179. The number of hydrogen-bond donors (Lipinski definition) is 3. The fraction of sp³-hybridized carbons (Fsp3) is 0.353. The van der Waals surface area contributed by atoms with Crippen LogP contribution in [0.25, 0.3) is 5.70 Å². The molecule has 1 amide bonds. The number of aliphatic hydroxyl groups excluding tert-OH is 1. The molecule has 0 fully saturated rings. The summed E-state index contributed by atoms with van der Waals surface area (Å²) in [7, 11) is 0. The Morgan fingerprint density at radius 2 is 1.88 bits per heavy atom. The van der Waals surface area contributed by atoms with E-state index in [9.17, 15) is 18.0 Å². The van der Waals surface area contributed by atoms with E-state index in [2.05, 4.69) is 15.4 Å². The molecule has 1 heterocycles. The molecule has 0 spiro atoms. The van der Waals surface area contributed by atoms with Crippen molar-refractivity contribution in [2.24, 2.45) is 0 Å². The zero-order chi connectivity index (χ0) is 18.4. The maximum absolute atomic E-state index is 12.2. The van der Waals surface area contributed by atoms with Gasteiger partial charge >= 0.3 is 6.36 Å². The van der Waals surface area contributed by atoms with Gasteiger partial charge in [-0.05, 0) is 54.8 Å². The lowest BCUT2D eigenvalue weighted by Crippen LogP contribution is -2.44. The molecular formula is C17H19F3N2O3. The minimum atomic E-state index is -4.75. The summed E-state index contributed by atoms with van der Waals surface area (Å²) in [5, 5.41) is 14.9. The number of alkyl halides is 3. The van der Waals surface area contributed by atoms with Gasteiger partial charge in [0.05, 0.1) is 0 Å². The molecule has 8 heteroatoms. The quantitative estimate of drug-likeness (QED) is 0.759. The third-order valence-corrected chi connectivity index (χ3v) is 3.58. The molecule has 25 heavy (non-hydrogen) atoms. The summed E-state index contributed by atoms with van der Waals surface area (Å²) in [6, 6.07) is 4.69. The van der Waals surface area contributed by atoms with E-state index in [0.717, 1.165) is 0 Å². The normalized spacial score (nSPS) is 22.4. The molecule has 0 aromatic heterocycles. The second-order valence-corrected chi connectivity index (χ2v) is 5.40. The Morgan fingerprint density at radius 1 is 1.20 bits per heavy atom. The van der Waals surface area contributed by atoms with Crippen molar-refractivity contribution in [3.8, 4) is 5.75 Å². The van der Waals surface area contributed by atoms with Gasteiger partial charge in [0.15, 0.2) is 0 Å². The Kier molecular flexibility index (Phi) is 6.08. The largest absolute Gasteiger partial charge is 0.573 e. The first kappa shape index (κ1) is 18.9. The number of benzene rings is 1. The fourth-order valence-electron chi connectivity index (χ4n) is 2.33. The summed E-state index contributed by atoms with van der Waals surface area (Å²) in [5.74, 6) is -0.595. The van der Waals surface area contributed by atoms with Crippen molar-refractivity contribution in [3.05, 3.63) is 47.7 Å². The first-order valence-electron chi connectivity index (χ1n) is 7.77. The predicted octanol–water partition coefficient (Wildman–Crippen LogP) is 2.69. The summed E-state index contributed by atoms with van der Waals surface area (Å²) < 4.78 is 40.6. The zero-order valence-corrected chi connectivity index (χ0v) is 13.6. The molecule has 0 unspecified atom stereocenters. The van der Waals surface area contributed by atoms with Gasteiger partial charge < -0.3 is 20.5 Å². The molecule has 2 rings (SSSR count). The van der Waals surface area contributed by atoms with E-state index in [-0.39, 0.29) is 24.7 Å². The Hall–Kier alpha value is -2.48. The Morgan fingerprint density at radius 3 is 2.44 bits per heavy atom. The number of hydrogen-bond acceptors (Lipinski definition) is 4. The number of allylic oxidation sites excluding steroid dienone is 3. The molecule has 1 aromatic rings. The third-order valence-electron chi connectivity index (χ3n) is 3.58. The molecule has 5 nitrogen and oxygen atoms in total. The van der Waals surface area contributed by atoms with Crippen LogP contribution in [-0.2, 0) is 4.79 Å². The van der Waals surface area contributed by atoms with Crippen LogP contribution in [0.4, 0.5) is 13.2 Å². The van der Waals surface area contributed by atoms with Crippen molar-refractivity contribution in [1.82, 2.24) is 10.6 Å². The minimum Gasteiger partial charge on any atom is -0.406 e. The van der Waals surface area contributed by atoms with Gasteiger partial charge in [-0.1, -0.05) is 6.92 Å². The van der Waals surface area contributed by atoms with Gasteiger partial charge in [-0.3, -0.25) is 4.79 Å². The molecule has 1 aliphatic heterocycles. The average molecular weight is 356 g/mol. The summed E-state index contributed by atoms with van der Waals surface area (Å²) in [6.07, 6.45) is -0.463. The van der Waals surface area contributed by atoms with Crippen LogP contribution in [0, 0.1) is 0 Å². The number of amides is 1. The first-order chi connectivity index (χ1) is 11.8. The number of rotatable bonds is 5. The van der Waals surface area contributed by atoms with Crippen LogP contribution in [0.1, 0.15) is 25.3 Å². The SMILES string of the molecule is CC/C1=C\C=C(\c2ccc(OC(F)(F)F)cc2)N[C@@H](CCO)C(=O)N1. The summed E-state index contributed by atoms with van der Waals surface area (Å²) in [4.78, 5) is 12.2. The van der Waals surface area contributed by atoms with Crippen molar-refractivity contribution < 1.29 is 27.8 Å². The smallest absolute Gasteiger partial charge is 0.406 e. The second-order valence-electron chi connectivity index (χ2n) is 5.40. The number of halogens is 3. The molecule has 1 aromatic carbocycles. The van der Waals surface area contributed by atoms with Crippen LogP contribution in [0.3, 0.4) is 0 Å². The molecule has 1 aliphatic rings. The third kappa shape index (κ3) is 5.53. The lowest BCUT2D eigenvalue weighted by atomic mass is 10.1. The molecule has 0 bridgehead atoms. The highest BCUT2D eigenvalue weighted by Crippen LogP contribution is 2.25. The van der Waals surface area contributed by atoms with Crippen molar-refractivity contribution in [2.45, 2.75) is 32.2 Å². The van der Waals surface area contributed by atoms with E-state index in [1.165, 1.54) is 24.3 Å². The molecule has 3 N–H and O–H groups in total. The first-order valence-corrected chi connectivity index (χ1v) is 7.77. The van der Waals surface area contributed by atoms with Gasteiger partial charge in [0.1, 0.15) is 11.8 Å². The standard InChI is InChI=1S/C17H19F3N2O3/c1-2-12-5-8-14(22-15(9-10-23)16(24)21-12)11-3-6-13(7-4-11)25-17(18,19)20/h3-8,15,22-23H,2,9-10H2,1H3,(H,21,24)/b12-5+,14-8-/t15-/m0/s1. The Balaban J connectivity index is 2.28. The van der Waals surface area contributed by atoms with E-state index >= 15 is 0 Å².